The van der Waals surface area contributed by atoms with Crippen molar-refractivity contribution in [3.8, 4) is 0 Å². The smallest absolute Gasteiger partial charge is 0.338 e. The quantitative estimate of drug-likeness (QED) is 0.445. The molecule has 0 aliphatic rings. The van der Waals surface area contributed by atoms with E-state index in [9.17, 15) is 9.59 Å². The highest BCUT2D eigenvalue weighted by Gasteiger charge is 2.09. The molecule has 0 spiro atoms. The lowest BCUT2D eigenvalue weighted by molar-refractivity contribution is 0.0526. The van der Waals surface area contributed by atoms with Crippen LogP contribution in [0.5, 0.6) is 0 Å². The summed E-state index contributed by atoms with van der Waals surface area (Å²) >= 11 is 5.62. The molecule has 0 aliphatic carbocycles. The number of benzene rings is 1. The van der Waals surface area contributed by atoms with Crippen LogP contribution in [0.1, 0.15) is 39.6 Å². The van der Waals surface area contributed by atoms with Crippen molar-refractivity contribution in [3.63, 3.8) is 0 Å². The Balaban J connectivity index is 2.95. The van der Waals surface area contributed by atoms with Gasteiger partial charge in [0, 0.05) is 11.4 Å². The molecule has 0 aliphatic heterocycles. The Hall–Kier alpha value is -1.35. The standard InChI is InChI=1S/C13H15ClO3/c1-2-17-13(16)11-5-6-12(9-15)10(8-11)4-3-7-14/h5-6,8-9H,2-4,7H2,1H3. The SMILES string of the molecule is CCOC(=O)c1ccc(C=O)c(CCCCl)c1. The van der Waals surface area contributed by atoms with E-state index in [1.54, 1.807) is 25.1 Å². The largest absolute Gasteiger partial charge is 0.462 e. The molecular weight excluding hydrogens is 240 g/mol. The molecule has 1 aromatic rings. The highest BCUT2D eigenvalue weighted by Crippen LogP contribution is 2.14. The fraction of sp³-hybridized carbons (Fsp3) is 0.385. The molecular formula is C13H15ClO3. The third kappa shape index (κ3) is 3.86. The zero-order valence-corrected chi connectivity index (χ0v) is 10.5. The molecule has 3 nitrogen and oxygen atoms in total. The van der Waals surface area contributed by atoms with E-state index >= 15 is 0 Å². The first kappa shape index (κ1) is 13.7. The summed E-state index contributed by atoms with van der Waals surface area (Å²) in [5.74, 6) is 0.166. The number of esters is 1. The molecule has 0 heterocycles. The highest BCUT2D eigenvalue weighted by atomic mass is 35.5. The number of rotatable bonds is 6. The second-order valence-corrected chi connectivity index (χ2v) is 3.92. The number of aldehydes is 1. The fourth-order valence-corrected chi connectivity index (χ4v) is 1.67. The maximum atomic E-state index is 11.5. The van der Waals surface area contributed by atoms with Crippen molar-refractivity contribution in [1.82, 2.24) is 0 Å². The Morgan fingerprint density at radius 3 is 2.82 bits per heavy atom. The Bertz CT molecular complexity index is 402. The van der Waals surface area contributed by atoms with Crippen molar-refractivity contribution in [2.45, 2.75) is 19.8 Å². The van der Waals surface area contributed by atoms with Crippen molar-refractivity contribution in [3.05, 3.63) is 34.9 Å². The minimum absolute atomic E-state index is 0.339. The second-order valence-electron chi connectivity index (χ2n) is 3.54. The van der Waals surface area contributed by atoms with Gasteiger partial charge in [-0.2, -0.15) is 0 Å². The van der Waals surface area contributed by atoms with Gasteiger partial charge in [-0.1, -0.05) is 6.07 Å². The lowest BCUT2D eigenvalue weighted by Gasteiger charge is -2.07. The molecule has 4 heteroatoms. The van der Waals surface area contributed by atoms with Crippen LogP contribution in [-0.4, -0.2) is 24.7 Å². The molecule has 0 fully saturated rings. The van der Waals surface area contributed by atoms with Crippen molar-refractivity contribution in [2.75, 3.05) is 12.5 Å². The highest BCUT2D eigenvalue weighted by molar-refractivity contribution is 6.17. The Labute approximate surface area is 106 Å². The van der Waals surface area contributed by atoms with Crippen LogP contribution in [0.15, 0.2) is 18.2 Å². The van der Waals surface area contributed by atoms with Crippen LogP contribution in [-0.2, 0) is 11.2 Å². The molecule has 0 saturated carbocycles. The minimum atomic E-state index is -0.364. The van der Waals surface area contributed by atoms with E-state index in [1.165, 1.54) is 0 Å². The zero-order valence-electron chi connectivity index (χ0n) is 9.74. The van der Waals surface area contributed by atoms with Gasteiger partial charge in [-0.05, 0) is 37.5 Å². The predicted octanol–water partition coefficient (Wildman–Crippen LogP) is 2.85. The van der Waals surface area contributed by atoms with Gasteiger partial charge >= 0.3 is 5.97 Å². The third-order valence-corrected chi connectivity index (χ3v) is 2.63. The van der Waals surface area contributed by atoms with Gasteiger partial charge in [-0.25, -0.2) is 4.79 Å². The molecule has 0 unspecified atom stereocenters. The summed E-state index contributed by atoms with van der Waals surface area (Å²) in [5.41, 5.74) is 1.91. The molecule has 92 valence electrons. The molecule has 0 aromatic heterocycles. The van der Waals surface area contributed by atoms with Gasteiger partial charge in [-0.3, -0.25) is 4.79 Å². The van der Waals surface area contributed by atoms with Crippen molar-refractivity contribution < 1.29 is 14.3 Å². The zero-order chi connectivity index (χ0) is 12.7. The Kier molecular flexibility index (Phi) is 5.70. The molecule has 17 heavy (non-hydrogen) atoms. The first-order chi connectivity index (χ1) is 8.22. The summed E-state index contributed by atoms with van der Waals surface area (Å²) in [6.07, 6.45) is 2.25. The summed E-state index contributed by atoms with van der Waals surface area (Å²) in [5, 5.41) is 0. The maximum Gasteiger partial charge on any atom is 0.338 e. The summed E-state index contributed by atoms with van der Waals surface area (Å²) in [4.78, 5) is 22.4. The Morgan fingerprint density at radius 1 is 1.47 bits per heavy atom. The van der Waals surface area contributed by atoms with E-state index in [4.69, 9.17) is 16.3 Å². The number of aryl methyl sites for hydroxylation is 1. The third-order valence-electron chi connectivity index (χ3n) is 2.36. The normalized spacial score (nSPS) is 10.0. The van der Waals surface area contributed by atoms with Crippen molar-refractivity contribution >= 4 is 23.9 Å². The summed E-state index contributed by atoms with van der Waals surface area (Å²) in [6.45, 7) is 2.09. The summed E-state index contributed by atoms with van der Waals surface area (Å²) in [6, 6.07) is 4.95. The molecule has 1 aromatic carbocycles. The van der Waals surface area contributed by atoms with Gasteiger partial charge in [0.05, 0.1) is 12.2 Å². The van der Waals surface area contributed by atoms with Crippen LogP contribution < -0.4 is 0 Å². The number of halogens is 1. The number of ether oxygens (including phenoxy) is 1. The second kappa shape index (κ2) is 7.07. The maximum absolute atomic E-state index is 11.5. The number of hydrogen-bond donors (Lipinski definition) is 0. The van der Waals surface area contributed by atoms with Gasteiger partial charge in [0.1, 0.15) is 6.29 Å². The average Bonchev–Trinajstić information content (AvgIpc) is 2.36. The van der Waals surface area contributed by atoms with E-state index < -0.39 is 0 Å². The van der Waals surface area contributed by atoms with Crippen LogP contribution in [0.25, 0.3) is 0 Å². The minimum Gasteiger partial charge on any atom is -0.462 e. The van der Waals surface area contributed by atoms with Crippen LogP contribution in [0.4, 0.5) is 0 Å². The number of hydrogen-bond acceptors (Lipinski definition) is 3. The van der Waals surface area contributed by atoms with E-state index in [-0.39, 0.29) is 5.97 Å². The number of carbonyl (C=O) groups excluding carboxylic acids is 2. The molecule has 0 saturated heterocycles. The van der Waals surface area contributed by atoms with E-state index in [0.717, 1.165) is 18.3 Å². The van der Waals surface area contributed by atoms with E-state index in [2.05, 4.69) is 0 Å². The van der Waals surface area contributed by atoms with E-state index in [0.29, 0.717) is 30.0 Å². The first-order valence-electron chi connectivity index (χ1n) is 5.54. The lowest BCUT2D eigenvalue weighted by atomic mass is 10.0. The Morgan fingerprint density at radius 2 is 2.24 bits per heavy atom. The molecule has 1 rings (SSSR count). The van der Waals surface area contributed by atoms with E-state index in [1.807, 2.05) is 0 Å². The van der Waals surface area contributed by atoms with Crippen LogP contribution >= 0.6 is 11.6 Å². The topological polar surface area (TPSA) is 43.4 Å². The summed E-state index contributed by atoms with van der Waals surface area (Å²) < 4.78 is 4.91. The molecule has 0 radical (unpaired) electrons. The average molecular weight is 255 g/mol. The van der Waals surface area contributed by atoms with Gasteiger partial charge in [0.15, 0.2) is 0 Å². The lowest BCUT2D eigenvalue weighted by Crippen LogP contribution is -2.06. The first-order valence-corrected chi connectivity index (χ1v) is 6.07. The van der Waals surface area contributed by atoms with Crippen LogP contribution in [0.2, 0.25) is 0 Å². The van der Waals surface area contributed by atoms with Crippen LogP contribution in [0.3, 0.4) is 0 Å². The predicted molar refractivity (Wildman–Crippen MR) is 66.8 cm³/mol. The molecule has 0 bridgehead atoms. The van der Waals surface area contributed by atoms with Gasteiger partial charge in [-0.15, -0.1) is 11.6 Å². The monoisotopic (exact) mass is 254 g/mol. The van der Waals surface area contributed by atoms with Crippen molar-refractivity contribution in [2.24, 2.45) is 0 Å². The van der Waals surface area contributed by atoms with Gasteiger partial charge in [0.2, 0.25) is 0 Å². The number of alkyl halides is 1. The molecule has 0 N–H and O–H groups in total. The summed E-state index contributed by atoms with van der Waals surface area (Å²) in [7, 11) is 0. The van der Waals surface area contributed by atoms with Gasteiger partial charge < -0.3 is 4.74 Å². The molecule has 0 atom stereocenters. The number of carbonyl (C=O) groups is 2. The fourth-order valence-electron chi connectivity index (χ4n) is 1.54. The van der Waals surface area contributed by atoms with Crippen molar-refractivity contribution in [1.29, 1.82) is 0 Å². The van der Waals surface area contributed by atoms with Gasteiger partial charge in [0.25, 0.3) is 0 Å². The molecule has 0 amide bonds. The van der Waals surface area contributed by atoms with Crippen LogP contribution in [0, 0.1) is 0 Å².